The van der Waals surface area contributed by atoms with Crippen molar-refractivity contribution in [1.29, 1.82) is 0 Å². The summed E-state index contributed by atoms with van der Waals surface area (Å²) >= 11 is 3.66. The molecule has 0 saturated carbocycles. The van der Waals surface area contributed by atoms with Gasteiger partial charge in [-0.05, 0) is 60.4 Å². The fourth-order valence-corrected chi connectivity index (χ4v) is 3.19. The van der Waals surface area contributed by atoms with Crippen LogP contribution in [0, 0.1) is 0 Å². The molecule has 0 saturated heterocycles. The number of halogens is 1. The summed E-state index contributed by atoms with van der Waals surface area (Å²) in [6.45, 7) is 1.09. The lowest BCUT2D eigenvalue weighted by molar-refractivity contribution is 0.509. The highest BCUT2D eigenvalue weighted by Crippen LogP contribution is 2.36. The molecule has 0 fully saturated rings. The number of rotatable bonds is 3. The van der Waals surface area contributed by atoms with Crippen LogP contribution in [0.2, 0.25) is 0 Å². The van der Waals surface area contributed by atoms with Crippen LogP contribution in [0.3, 0.4) is 0 Å². The highest BCUT2D eigenvalue weighted by molar-refractivity contribution is 9.10. The van der Waals surface area contributed by atoms with Crippen molar-refractivity contribution in [2.45, 2.75) is 25.3 Å². The van der Waals surface area contributed by atoms with Gasteiger partial charge in [-0.25, -0.2) is 0 Å². The second-order valence-corrected chi connectivity index (χ2v) is 5.30. The molecule has 0 radical (unpaired) electrons. The number of fused-ring (bicyclic) bond motifs is 1. The Bertz CT molecular complexity index is 365. The Morgan fingerprint density at radius 3 is 3.06 bits per heavy atom. The van der Waals surface area contributed by atoms with Crippen molar-refractivity contribution in [3.8, 4) is 0 Å². The molecule has 0 bridgehead atoms. The third-order valence-corrected chi connectivity index (χ3v) is 4.09. The van der Waals surface area contributed by atoms with Crippen LogP contribution >= 0.6 is 15.9 Å². The predicted octanol–water partition coefficient (Wildman–Crippen LogP) is 2.81. The van der Waals surface area contributed by atoms with E-state index in [-0.39, 0.29) is 0 Å². The molecule has 88 valence electrons. The molecule has 1 aromatic rings. The first-order valence-electron chi connectivity index (χ1n) is 5.89. The van der Waals surface area contributed by atoms with Gasteiger partial charge in [-0.1, -0.05) is 12.1 Å². The molecule has 3 heteroatoms. The summed E-state index contributed by atoms with van der Waals surface area (Å²) in [4.78, 5) is 2.43. The number of nitrogens with zero attached hydrogens (tertiary/aromatic N) is 1. The number of anilines is 1. The number of hydrogen-bond acceptors (Lipinski definition) is 2. The Morgan fingerprint density at radius 2 is 2.31 bits per heavy atom. The number of hydrogen-bond donors (Lipinski definition) is 1. The van der Waals surface area contributed by atoms with Crippen LogP contribution in [0.15, 0.2) is 22.7 Å². The summed E-state index contributed by atoms with van der Waals surface area (Å²) in [5.41, 5.74) is 2.85. The van der Waals surface area contributed by atoms with E-state index in [9.17, 15) is 0 Å². The molecule has 2 rings (SSSR count). The average Bonchev–Trinajstić information content (AvgIpc) is 2.28. The van der Waals surface area contributed by atoms with E-state index in [0.717, 1.165) is 6.54 Å². The van der Waals surface area contributed by atoms with Crippen molar-refractivity contribution in [2.24, 2.45) is 0 Å². The lowest BCUT2D eigenvalue weighted by atomic mass is 9.94. The third kappa shape index (κ3) is 2.25. The normalized spacial score (nSPS) is 19.7. The van der Waals surface area contributed by atoms with E-state index in [2.05, 4.69) is 51.4 Å². The Balaban J connectivity index is 2.20. The Kier molecular flexibility index (Phi) is 3.87. The second kappa shape index (κ2) is 5.19. The van der Waals surface area contributed by atoms with Crippen molar-refractivity contribution in [2.75, 3.05) is 25.5 Å². The van der Waals surface area contributed by atoms with Gasteiger partial charge in [-0.2, -0.15) is 0 Å². The number of nitrogens with one attached hydrogen (secondary N) is 1. The molecule has 0 amide bonds. The van der Waals surface area contributed by atoms with Crippen LogP contribution in [0.4, 0.5) is 5.69 Å². The predicted molar refractivity (Wildman–Crippen MR) is 73.2 cm³/mol. The molecule has 1 heterocycles. The molecular weight excluding hydrogens is 264 g/mol. The molecule has 2 nitrogen and oxygen atoms in total. The quantitative estimate of drug-likeness (QED) is 0.917. The summed E-state index contributed by atoms with van der Waals surface area (Å²) in [5.74, 6) is 0. The van der Waals surface area contributed by atoms with Gasteiger partial charge in [0.2, 0.25) is 0 Å². The molecule has 1 N–H and O–H groups in total. The zero-order valence-corrected chi connectivity index (χ0v) is 11.5. The molecule has 1 aliphatic rings. The SMILES string of the molecule is CNCCC1CCc2cccc(Br)c2N1C. The van der Waals surface area contributed by atoms with Crippen molar-refractivity contribution in [1.82, 2.24) is 5.32 Å². The maximum atomic E-state index is 3.66. The highest BCUT2D eigenvalue weighted by Gasteiger charge is 2.24. The fraction of sp³-hybridized carbons (Fsp3) is 0.538. The summed E-state index contributed by atoms with van der Waals surface area (Å²) < 4.78 is 1.22. The number of aryl methyl sites for hydroxylation is 1. The van der Waals surface area contributed by atoms with E-state index in [0.29, 0.717) is 6.04 Å². The van der Waals surface area contributed by atoms with E-state index in [1.165, 1.54) is 35.0 Å². The second-order valence-electron chi connectivity index (χ2n) is 4.44. The minimum atomic E-state index is 0.665. The fourth-order valence-electron chi connectivity index (χ4n) is 2.50. The van der Waals surface area contributed by atoms with E-state index in [1.807, 2.05) is 7.05 Å². The summed E-state index contributed by atoms with van der Waals surface area (Å²) in [6, 6.07) is 7.17. The maximum Gasteiger partial charge on any atom is 0.0543 e. The highest BCUT2D eigenvalue weighted by atomic mass is 79.9. The zero-order chi connectivity index (χ0) is 11.5. The average molecular weight is 283 g/mol. The van der Waals surface area contributed by atoms with Crippen LogP contribution in [-0.4, -0.2) is 26.7 Å². The van der Waals surface area contributed by atoms with Crippen LogP contribution in [0.5, 0.6) is 0 Å². The van der Waals surface area contributed by atoms with Gasteiger partial charge in [0.25, 0.3) is 0 Å². The third-order valence-electron chi connectivity index (χ3n) is 3.45. The Morgan fingerprint density at radius 1 is 1.50 bits per heavy atom. The van der Waals surface area contributed by atoms with Gasteiger partial charge in [0.05, 0.1) is 5.69 Å². The standard InChI is InChI=1S/C13H19BrN2/c1-15-9-8-11-7-6-10-4-3-5-12(14)13(10)16(11)2/h3-5,11,15H,6-9H2,1-2H3. The lowest BCUT2D eigenvalue weighted by Crippen LogP contribution is -2.38. The van der Waals surface area contributed by atoms with Crippen LogP contribution in [0.1, 0.15) is 18.4 Å². The first-order valence-corrected chi connectivity index (χ1v) is 6.68. The molecule has 1 aromatic carbocycles. The first-order chi connectivity index (χ1) is 7.74. The van der Waals surface area contributed by atoms with E-state index in [1.54, 1.807) is 0 Å². The first kappa shape index (κ1) is 11.9. The van der Waals surface area contributed by atoms with Crippen LogP contribution < -0.4 is 10.2 Å². The lowest BCUT2D eigenvalue weighted by Gasteiger charge is -2.37. The van der Waals surface area contributed by atoms with Crippen molar-refractivity contribution >= 4 is 21.6 Å². The van der Waals surface area contributed by atoms with E-state index in [4.69, 9.17) is 0 Å². The van der Waals surface area contributed by atoms with Crippen molar-refractivity contribution < 1.29 is 0 Å². The van der Waals surface area contributed by atoms with Gasteiger partial charge in [-0.3, -0.25) is 0 Å². The van der Waals surface area contributed by atoms with Crippen molar-refractivity contribution in [3.63, 3.8) is 0 Å². The van der Waals surface area contributed by atoms with E-state index < -0.39 is 0 Å². The van der Waals surface area contributed by atoms with Gasteiger partial charge in [0, 0.05) is 17.6 Å². The smallest absolute Gasteiger partial charge is 0.0543 e. The van der Waals surface area contributed by atoms with Gasteiger partial charge in [0.15, 0.2) is 0 Å². The largest absolute Gasteiger partial charge is 0.370 e. The Labute approximate surface area is 106 Å². The molecule has 1 unspecified atom stereocenters. The molecule has 1 atom stereocenters. The van der Waals surface area contributed by atoms with Gasteiger partial charge < -0.3 is 10.2 Å². The molecular formula is C13H19BrN2. The van der Waals surface area contributed by atoms with Gasteiger partial charge >= 0.3 is 0 Å². The molecule has 16 heavy (non-hydrogen) atoms. The molecule has 0 spiro atoms. The molecule has 1 aliphatic heterocycles. The van der Waals surface area contributed by atoms with Crippen LogP contribution in [-0.2, 0) is 6.42 Å². The van der Waals surface area contributed by atoms with Gasteiger partial charge in [-0.15, -0.1) is 0 Å². The van der Waals surface area contributed by atoms with Crippen molar-refractivity contribution in [3.05, 3.63) is 28.2 Å². The number of para-hydroxylation sites is 1. The topological polar surface area (TPSA) is 15.3 Å². The monoisotopic (exact) mass is 282 g/mol. The van der Waals surface area contributed by atoms with Gasteiger partial charge in [0.1, 0.15) is 0 Å². The molecule has 0 aliphatic carbocycles. The molecule has 0 aromatic heterocycles. The zero-order valence-electron chi connectivity index (χ0n) is 9.96. The Hall–Kier alpha value is -0.540. The minimum absolute atomic E-state index is 0.665. The maximum absolute atomic E-state index is 3.66. The number of benzene rings is 1. The van der Waals surface area contributed by atoms with E-state index >= 15 is 0 Å². The summed E-state index contributed by atoms with van der Waals surface area (Å²) in [5, 5.41) is 3.24. The minimum Gasteiger partial charge on any atom is -0.370 e. The summed E-state index contributed by atoms with van der Waals surface area (Å²) in [6.07, 6.45) is 3.68. The summed E-state index contributed by atoms with van der Waals surface area (Å²) in [7, 11) is 4.23. The van der Waals surface area contributed by atoms with Crippen LogP contribution in [0.25, 0.3) is 0 Å².